The van der Waals surface area contributed by atoms with Crippen LogP contribution in [0.1, 0.15) is 29.6 Å². The second kappa shape index (κ2) is 7.45. The second-order valence-electron chi connectivity index (χ2n) is 6.32. The summed E-state index contributed by atoms with van der Waals surface area (Å²) >= 11 is 0. The van der Waals surface area contributed by atoms with Crippen LogP contribution in [0.25, 0.3) is 0 Å². The molecule has 0 bridgehead atoms. The number of anilines is 1. The predicted octanol–water partition coefficient (Wildman–Crippen LogP) is 2.52. The Balaban J connectivity index is 2.19. The van der Waals surface area contributed by atoms with Gasteiger partial charge < -0.3 is 19.8 Å². The van der Waals surface area contributed by atoms with Crippen molar-refractivity contribution in [2.24, 2.45) is 5.14 Å². The number of sulfonamides is 1. The Labute approximate surface area is 156 Å². The topological polar surface area (TPSA) is 130 Å². The number of piperidine rings is 1. The van der Waals surface area contributed by atoms with Crippen LogP contribution in [0.3, 0.4) is 0 Å². The number of aromatic hydroxyl groups is 1. The fourth-order valence-corrected chi connectivity index (χ4v) is 3.72. The number of hydrogen-bond donors (Lipinski definition) is 3. The second-order valence-corrected chi connectivity index (χ2v) is 7.85. The maximum Gasteiger partial charge on any atom is 0.335 e. The van der Waals surface area contributed by atoms with Crippen molar-refractivity contribution in [2.45, 2.75) is 24.2 Å². The molecular weight excluding hydrogens is 372 g/mol. The van der Waals surface area contributed by atoms with E-state index in [1.807, 2.05) is 4.90 Å². The zero-order valence-corrected chi connectivity index (χ0v) is 15.3. The van der Waals surface area contributed by atoms with E-state index in [0.29, 0.717) is 24.5 Å². The highest BCUT2D eigenvalue weighted by atomic mass is 32.2. The highest BCUT2D eigenvalue weighted by molar-refractivity contribution is 7.89. The maximum atomic E-state index is 12.2. The van der Waals surface area contributed by atoms with Crippen molar-refractivity contribution < 1.29 is 28.2 Å². The Morgan fingerprint density at radius 3 is 2.26 bits per heavy atom. The van der Waals surface area contributed by atoms with Gasteiger partial charge in [0.2, 0.25) is 10.0 Å². The number of rotatable bonds is 5. The Morgan fingerprint density at radius 1 is 1.07 bits per heavy atom. The van der Waals surface area contributed by atoms with Crippen LogP contribution in [0.15, 0.2) is 41.3 Å². The number of aromatic carboxylic acids is 1. The summed E-state index contributed by atoms with van der Waals surface area (Å²) in [5, 5.41) is 24.1. The molecule has 0 spiro atoms. The van der Waals surface area contributed by atoms with Crippen molar-refractivity contribution in [1.29, 1.82) is 0 Å². The van der Waals surface area contributed by atoms with Crippen LogP contribution >= 0.6 is 0 Å². The molecule has 4 N–H and O–H groups in total. The molecule has 1 aliphatic rings. The van der Waals surface area contributed by atoms with Gasteiger partial charge >= 0.3 is 5.97 Å². The van der Waals surface area contributed by atoms with E-state index in [-0.39, 0.29) is 17.1 Å². The van der Waals surface area contributed by atoms with Crippen LogP contribution in [0.2, 0.25) is 0 Å². The van der Waals surface area contributed by atoms with E-state index >= 15 is 0 Å². The molecule has 8 nitrogen and oxygen atoms in total. The first-order valence-electron chi connectivity index (χ1n) is 8.41. The zero-order chi connectivity index (χ0) is 19.6. The number of carbonyl (C=O) groups is 1. The molecule has 2 aromatic rings. The van der Waals surface area contributed by atoms with E-state index in [9.17, 15) is 23.4 Å². The van der Waals surface area contributed by atoms with Gasteiger partial charge in [-0.1, -0.05) is 0 Å². The molecule has 0 saturated carbocycles. The van der Waals surface area contributed by atoms with Crippen molar-refractivity contribution in [3.63, 3.8) is 0 Å². The van der Waals surface area contributed by atoms with E-state index in [1.54, 1.807) is 0 Å². The molecule has 1 saturated heterocycles. The van der Waals surface area contributed by atoms with Gasteiger partial charge in [0.25, 0.3) is 0 Å². The highest BCUT2D eigenvalue weighted by Gasteiger charge is 2.26. The lowest BCUT2D eigenvalue weighted by Gasteiger charge is -2.31. The summed E-state index contributed by atoms with van der Waals surface area (Å²) in [6.45, 7) is 1.30. The third kappa shape index (κ3) is 4.32. The minimum atomic E-state index is -4.24. The van der Waals surface area contributed by atoms with Crippen LogP contribution in [0, 0.1) is 0 Å². The van der Waals surface area contributed by atoms with E-state index in [1.165, 1.54) is 30.3 Å². The minimum absolute atomic E-state index is 0.0184. The molecule has 0 amide bonds. The number of nitrogens with two attached hydrogens (primary N) is 1. The average molecular weight is 392 g/mol. The average Bonchev–Trinajstić information content (AvgIpc) is 2.63. The normalized spacial score (nSPS) is 14.8. The van der Waals surface area contributed by atoms with Gasteiger partial charge in [-0.25, -0.2) is 18.4 Å². The number of carboxylic acid groups (broad SMARTS) is 1. The first-order valence-corrected chi connectivity index (χ1v) is 9.96. The van der Waals surface area contributed by atoms with E-state index < -0.39 is 20.9 Å². The van der Waals surface area contributed by atoms with Crippen LogP contribution in [-0.2, 0) is 10.0 Å². The van der Waals surface area contributed by atoms with Crippen molar-refractivity contribution in [3.8, 4) is 17.2 Å². The SMILES string of the molecule is NS(=O)(=O)c1cc(C(=O)O)cc(N2CCCCC2)c1Oc1ccc(O)cc1. The summed E-state index contributed by atoms with van der Waals surface area (Å²) < 4.78 is 30.1. The monoisotopic (exact) mass is 392 g/mol. The fraction of sp³-hybridized carbons (Fsp3) is 0.278. The number of nitrogens with zero attached hydrogens (tertiary/aromatic N) is 1. The van der Waals surface area contributed by atoms with E-state index in [0.717, 1.165) is 25.3 Å². The molecule has 1 heterocycles. The number of hydrogen-bond acceptors (Lipinski definition) is 6. The third-order valence-corrected chi connectivity index (χ3v) is 5.26. The molecular formula is C18H20N2O6S. The Bertz CT molecular complexity index is 951. The predicted molar refractivity (Wildman–Crippen MR) is 99.0 cm³/mol. The van der Waals surface area contributed by atoms with Gasteiger partial charge in [0.1, 0.15) is 16.4 Å². The molecule has 1 fully saturated rings. The van der Waals surface area contributed by atoms with Crippen molar-refractivity contribution in [2.75, 3.05) is 18.0 Å². The molecule has 0 unspecified atom stereocenters. The van der Waals surface area contributed by atoms with Gasteiger partial charge in [-0.2, -0.15) is 0 Å². The third-order valence-electron chi connectivity index (χ3n) is 4.34. The Kier molecular flexibility index (Phi) is 5.24. The molecule has 27 heavy (non-hydrogen) atoms. The lowest BCUT2D eigenvalue weighted by molar-refractivity contribution is 0.0696. The molecule has 0 aliphatic carbocycles. The van der Waals surface area contributed by atoms with Crippen LogP contribution in [-0.4, -0.2) is 37.7 Å². The largest absolute Gasteiger partial charge is 0.508 e. The van der Waals surface area contributed by atoms with Gasteiger partial charge in [0.05, 0.1) is 11.3 Å². The highest BCUT2D eigenvalue weighted by Crippen LogP contribution is 2.40. The van der Waals surface area contributed by atoms with E-state index in [2.05, 4.69) is 0 Å². The van der Waals surface area contributed by atoms with Gasteiger partial charge in [-0.05, 0) is 55.7 Å². The number of benzene rings is 2. The zero-order valence-electron chi connectivity index (χ0n) is 14.5. The summed E-state index contributed by atoms with van der Waals surface area (Å²) in [4.78, 5) is 13.0. The summed E-state index contributed by atoms with van der Waals surface area (Å²) in [5.74, 6) is -0.949. The summed E-state index contributed by atoms with van der Waals surface area (Å²) in [6.07, 6.45) is 2.85. The molecule has 3 rings (SSSR count). The van der Waals surface area contributed by atoms with Gasteiger partial charge in [-0.15, -0.1) is 0 Å². The van der Waals surface area contributed by atoms with E-state index in [4.69, 9.17) is 9.88 Å². The summed E-state index contributed by atoms with van der Waals surface area (Å²) in [6, 6.07) is 8.16. The molecule has 0 aromatic heterocycles. The smallest absolute Gasteiger partial charge is 0.335 e. The summed E-state index contributed by atoms with van der Waals surface area (Å²) in [5.41, 5.74) is 0.185. The van der Waals surface area contributed by atoms with Crippen molar-refractivity contribution in [1.82, 2.24) is 0 Å². The quantitative estimate of drug-likeness (QED) is 0.713. The molecule has 1 aliphatic heterocycles. The maximum absolute atomic E-state index is 12.2. The first kappa shape index (κ1) is 19.0. The Morgan fingerprint density at radius 2 is 1.70 bits per heavy atom. The van der Waals surface area contributed by atoms with Crippen molar-refractivity contribution in [3.05, 3.63) is 42.0 Å². The number of phenols is 1. The number of carboxylic acids is 1. The lowest BCUT2D eigenvalue weighted by atomic mass is 10.1. The van der Waals surface area contributed by atoms with Crippen LogP contribution in [0.4, 0.5) is 5.69 Å². The summed E-state index contributed by atoms with van der Waals surface area (Å²) in [7, 11) is -4.24. The number of primary sulfonamides is 1. The minimum Gasteiger partial charge on any atom is -0.508 e. The van der Waals surface area contributed by atoms with Crippen LogP contribution < -0.4 is 14.8 Å². The van der Waals surface area contributed by atoms with Gasteiger partial charge in [0.15, 0.2) is 5.75 Å². The molecule has 0 atom stereocenters. The Hall–Kier alpha value is -2.78. The first-order chi connectivity index (χ1) is 12.8. The molecule has 0 radical (unpaired) electrons. The van der Waals surface area contributed by atoms with Crippen molar-refractivity contribution >= 4 is 21.7 Å². The number of ether oxygens (including phenoxy) is 1. The van der Waals surface area contributed by atoms with Crippen LogP contribution in [0.5, 0.6) is 17.2 Å². The van der Waals surface area contributed by atoms with Gasteiger partial charge in [0, 0.05) is 13.1 Å². The number of phenolic OH excluding ortho intramolecular Hbond substituents is 1. The molecule has 144 valence electrons. The fourth-order valence-electron chi connectivity index (χ4n) is 3.03. The molecule has 2 aromatic carbocycles. The molecule has 9 heteroatoms. The standard InChI is InChI=1S/C18H20N2O6S/c19-27(24,25)16-11-12(18(22)23)10-15(20-8-2-1-3-9-20)17(16)26-14-6-4-13(21)5-7-14/h4-7,10-11,21H,1-3,8-9H2,(H,22,23)(H2,19,24,25). The lowest BCUT2D eigenvalue weighted by Crippen LogP contribution is -2.30. The van der Waals surface area contributed by atoms with Gasteiger partial charge in [-0.3, -0.25) is 0 Å².